The third-order valence-electron chi connectivity index (χ3n) is 5.96. The van der Waals surface area contributed by atoms with Gasteiger partial charge in [0.2, 0.25) is 0 Å². The topological polar surface area (TPSA) is 161 Å². The van der Waals surface area contributed by atoms with Gasteiger partial charge in [-0.25, -0.2) is 20.1 Å². The van der Waals surface area contributed by atoms with Gasteiger partial charge < -0.3 is 14.8 Å². The van der Waals surface area contributed by atoms with E-state index < -0.39 is 16.4 Å². The number of nitrogens with one attached hydrogen (secondary N) is 1. The van der Waals surface area contributed by atoms with Crippen molar-refractivity contribution in [1.82, 2.24) is 19.5 Å². The number of nitrogens with two attached hydrogens (primary N) is 1. The summed E-state index contributed by atoms with van der Waals surface area (Å²) >= 11 is 0. The summed E-state index contributed by atoms with van der Waals surface area (Å²) in [5, 5.41) is 8.29. The molecule has 0 bridgehead atoms. The number of carbonyl (C=O) groups is 1. The van der Waals surface area contributed by atoms with Crippen LogP contribution in [0.1, 0.15) is 43.2 Å². The summed E-state index contributed by atoms with van der Waals surface area (Å²) < 4.78 is 40.0. The van der Waals surface area contributed by atoms with Crippen LogP contribution in [-0.2, 0) is 35.2 Å². The van der Waals surface area contributed by atoms with Crippen molar-refractivity contribution in [2.45, 2.75) is 50.7 Å². The van der Waals surface area contributed by atoms with Crippen LogP contribution in [-0.4, -0.2) is 52.7 Å². The minimum absolute atomic E-state index is 0.150. The largest absolute Gasteiger partial charge is 0.460 e. The van der Waals surface area contributed by atoms with Crippen LogP contribution in [0.3, 0.4) is 0 Å². The van der Waals surface area contributed by atoms with E-state index in [1.165, 1.54) is 13.3 Å². The molecule has 1 aromatic carbocycles. The second kappa shape index (κ2) is 8.91. The van der Waals surface area contributed by atoms with Gasteiger partial charge in [0.05, 0.1) is 25.1 Å². The third kappa shape index (κ3) is 4.59. The highest BCUT2D eigenvalue weighted by Crippen LogP contribution is 2.37. The second-order valence-electron chi connectivity index (χ2n) is 8.29. The van der Waals surface area contributed by atoms with E-state index in [1.54, 1.807) is 10.9 Å². The van der Waals surface area contributed by atoms with Crippen LogP contribution in [0.2, 0.25) is 0 Å². The minimum Gasteiger partial charge on any atom is -0.460 e. The van der Waals surface area contributed by atoms with Crippen LogP contribution in [0.15, 0.2) is 36.9 Å². The quantitative estimate of drug-likeness (QED) is 0.465. The highest BCUT2D eigenvalue weighted by atomic mass is 32.2. The highest BCUT2D eigenvalue weighted by molar-refractivity contribution is 7.84. The van der Waals surface area contributed by atoms with Crippen LogP contribution in [0.5, 0.6) is 0 Å². The molecule has 2 aromatic heterocycles. The lowest BCUT2D eigenvalue weighted by Gasteiger charge is -2.22. The van der Waals surface area contributed by atoms with Crippen molar-refractivity contribution in [2.75, 3.05) is 11.9 Å². The minimum atomic E-state index is -4.03. The maximum Gasteiger partial charge on any atom is 0.333 e. The molecule has 34 heavy (non-hydrogen) atoms. The van der Waals surface area contributed by atoms with E-state index in [9.17, 15) is 13.2 Å². The lowest BCUT2D eigenvalue weighted by molar-refractivity contribution is -0.146. The number of nitrogens with zero attached hydrogens (tertiary/aromatic N) is 4. The maximum absolute atomic E-state index is 11.7. The molecule has 12 nitrogen and oxygen atoms in total. The average Bonchev–Trinajstić information content (AvgIpc) is 3.49. The first-order chi connectivity index (χ1) is 16.3. The fourth-order valence-corrected chi connectivity index (χ4v) is 4.89. The van der Waals surface area contributed by atoms with Crippen molar-refractivity contribution in [3.8, 4) is 0 Å². The molecule has 0 spiro atoms. The van der Waals surface area contributed by atoms with E-state index in [2.05, 4.69) is 24.5 Å². The molecule has 1 aliphatic carbocycles. The van der Waals surface area contributed by atoms with Crippen molar-refractivity contribution < 1.29 is 26.9 Å². The molecule has 0 unspecified atom stereocenters. The number of hydrogen-bond donors (Lipinski definition) is 2. The van der Waals surface area contributed by atoms with Crippen molar-refractivity contribution in [1.29, 1.82) is 0 Å². The summed E-state index contributed by atoms with van der Waals surface area (Å²) in [6.07, 6.45) is 3.70. The van der Waals surface area contributed by atoms with E-state index in [1.807, 2.05) is 24.3 Å². The number of esters is 1. The Balaban J connectivity index is 1.38. The first-order valence-electron chi connectivity index (χ1n) is 10.8. The lowest BCUT2D eigenvalue weighted by Crippen LogP contribution is -2.27. The first kappa shape index (κ1) is 22.7. The fourth-order valence-electron chi connectivity index (χ4n) is 4.55. The van der Waals surface area contributed by atoms with Gasteiger partial charge in [-0.05, 0) is 24.0 Å². The lowest BCUT2D eigenvalue weighted by atomic mass is 10.1. The van der Waals surface area contributed by atoms with Gasteiger partial charge in [0.25, 0.3) is 0 Å². The molecule has 1 aliphatic heterocycles. The summed E-state index contributed by atoms with van der Waals surface area (Å²) in [7, 11) is -4.03. The summed E-state index contributed by atoms with van der Waals surface area (Å²) in [4.78, 5) is 25.0. The predicted octanol–water partition coefficient (Wildman–Crippen LogP) is 1.36. The van der Waals surface area contributed by atoms with Gasteiger partial charge in [0, 0.05) is 13.3 Å². The zero-order chi connectivity index (χ0) is 23.9. The van der Waals surface area contributed by atoms with Gasteiger partial charge in [-0.2, -0.15) is 8.42 Å². The van der Waals surface area contributed by atoms with Crippen LogP contribution >= 0.6 is 0 Å². The number of ether oxygens (including phenoxy) is 2. The van der Waals surface area contributed by atoms with Crippen molar-refractivity contribution in [3.05, 3.63) is 48.0 Å². The number of rotatable bonds is 7. The molecule has 1 saturated heterocycles. The number of imidazole rings is 1. The van der Waals surface area contributed by atoms with Gasteiger partial charge in [0.15, 0.2) is 17.0 Å². The van der Waals surface area contributed by atoms with Crippen LogP contribution in [0.4, 0.5) is 5.82 Å². The molecule has 0 radical (unpaired) electrons. The summed E-state index contributed by atoms with van der Waals surface area (Å²) in [6.45, 7) is 1.25. The summed E-state index contributed by atoms with van der Waals surface area (Å²) in [6, 6.07) is 7.64. The molecule has 4 atom stereocenters. The zero-order valence-electron chi connectivity index (χ0n) is 18.3. The predicted molar refractivity (Wildman–Crippen MR) is 120 cm³/mol. The molecule has 3 heterocycles. The maximum atomic E-state index is 11.7. The van der Waals surface area contributed by atoms with Crippen molar-refractivity contribution >= 4 is 33.3 Å². The Bertz CT molecular complexity index is 1330. The van der Waals surface area contributed by atoms with E-state index in [0.29, 0.717) is 36.2 Å². The Kier molecular flexibility index (Phi) is 5.93. The Morgan fingerprint density at radius 2 is 2.09 bits per heavy atom. The van der Waals surface area contributed by atoms with E-state index in [4.69, 9.17) is 14.6 Å². The third-order valence-corrected chi connectivity index (χ3v) is 6.43. The second-order valence-corrected chi connectivity index (χ2v) is 9.51. The Hall–Kier alpha value is -3.13. The van der Waals surface area contributed by atoms with Gasteiger partial charge in [-0.3, -0.25) is 13.5 Å². The van der Waals surface area contributed by atoms with Crippen LogP contribution in [0, 0.1) is 0 Å². The Morgan fingerprint density at radius 3 is 2.88 bits per heavy atom. The average molecular weight is 489 g/mol. The van der Waals surface area contributed by atoms with Gasteiger partial charge in [-0.1, -0.05) is 24.3 Å². The van der Waals surface area contributed by atoms with E-state index in [-0.39, 0.29) is 30.9 Å². The molecule has 3 N–H and O–H groups in total. The molecular weight excluding hydrogens is 464 g/mol. The molecule has 180 valence electrons. The van der Waals surface area contributed by atoms with Gasteiger partial charge in [-0.15, -0.1) is 0 Å². The van der Waals surface area contributed by atoms with Crippen molar-refractivity contribution in [3.63, 3.8) is 0 Å². The van der Waals surface area contributed by atoms with E-state index in [0.717, 1.165) is 11.1 Å². The normalized spacial score (nSPS) is 24.3. The molecular formula is C21H24N6O6S. The number of fused-ring (bicyclic) bond motifs is 2. The van der Waals surface area contributed by atoms with Crippen LogP contribution in [0.25, 0.3) is 11.2 Å². The van der Waals surface area contributed by atoms with Crippen LogP contribution < -0.4 is 10.5 Å². The molecule has 3 aromatic rings. The number of benzene rings is 1. The fraction of sp³-hybridized carbons (Fsp3) is 0.429. The number of aromatic nitrogens is 4. The molecule has 5 rings (SSSR count). The molecule has 1 fully saturated rings. The zero-order valence-corrected chi connectivity index (χ0v) is 19.1. The number of hydrogen-bond acceptors (Lipinski definition) is 10. The van der Waals surface area contributed by atoms with Crippen molar-refractivity contribution in [2.24, 2.45) is 5.14 Å². The van der Waals surface area contributed by atoms with Gasteiger partial charge in [0.1, 0.15) is 18.7 Å². The van der Waals surface area contributed by atoms with Gasteiger partial charge >= 0.3 is 16.3 Å². The summed E-state index contributed by atoms with van der Waals surface area (Å²) in [5.41, 5.74) is 3.25. The standard InChI is InChI=1S/C21H24N6O6S/c1-12(28)32-16-8-13-4-2-3-5-15(13)18(16)26-20-19-21(24-10-23-20)27(11-25-19)17-7-6-14(33-17)9-31-34(22,29)30/h2-5,10-11,14,16-18H,6-9H2,1H3,(H2,22,29,30)(H,23,24,26)/t14-,16+,17-,18-/m1/s1. The Morgan fingerprint density at radius 1 is 1.26 bits per heavy atom. The number of carbonyl (C=O) groups excluding carboxylic acids is 1. The molecule has 0 amide bonds. The SMILES string of the molecule is CC(=O)O[C@H]1Cc2ccccc2[C@H]1Nc1ncnc2c1ncn2[C@H]1CC[C@H](COS(N)(=O)=O)O1. The monoisotopic (exact) mass is 488 g/mol. The smallest absolute Gasteiger partial charge is 0.333 e. The number of anilines is 1. The highest BCUT2D eigenvalue weighted by Gasteiger charge is 2.36. The molecule has 13 heteroatoms. The first-order valence-corrected chi connectivity index (χ1v) is 12.3. The van der Waals surface area contributed by atoms with E-state index >= 15 is 0 Å². The molecule has 0 saturated carbocycles. The molecule has 2 aliphatic rings. The Labute approximate surface area is 195 Å². The summed E-state index contributed by atoms with van der Waals surface area (Å²) in [5.74, 6) is 0.163.